The molecule has 156 valence electrons. The third-order valence-electron chi connectivity index (χ3n) is 4.35. The number of rotatable bonds is 9. The molecular formula is C21H28N4O2S2. The molecule has 0 saturated heterocycles. The third-order valence-corrected chi connectivity index (χ3v) is 6.52. The fourth-order valence-corrected chi connectivity index (χ4v) is 4.49. The Hall–Kier alpha value is -2.45. The van der Waals surface area contributed by atoms with E-state index in [9.17, 15) is 9.90 Å². The van der Waals surface area contributed by atoms with Gasteiger partial charge >= 0.3 is 5.97 Å². The first kappa shape index (κ1) is 22.8. The van der Waals surface area contributed by atoms with Crippen LogP contribution in [0.1, 0.15) is 30.7 Å². The van der Waals surface area contributed by atoms with Gasteiger partial charge in [-0.1, -0.05) is 41.6 Å². The number of nitrogens with two attached hydrogens (primary N) is 2. The quantitative estimate of drug-likeness (QED) is 0.410. The number of aryl methyl sites for hydroxylation is 1. The van der Waals surface area contributed by atoms with Crippen molar-refractivity contribution in [3.05, 3.63) is 64.4 Å². The van der Waals surface area contributed by atoms with Gasteiger partial charge in [0.25, 0.3) is 0 Å². The summed E-state index contributed by atoms with van der Waals surface area (Å²) in [4.78, 5) is 17.7. The van der Waals surface area contributed by atoms with Crippen LogP contribution in [0.4, 0.5) is 0 Å². The zero-order chi connectivity index (χ0) is 21.6. The average Bonchev–Trinajstić information content (AvgIpc) is 3.10. The minimum absolute atomic E-state index is 0.608. The molecule has 0 radical (unpaired) electrons. The summed E-state index contributed by atoms with van der Waals surface area (Å²) >= 11 is 2.73. The highest BCUT2D eigenvalue weighted by Gasteiger charge is 2.29. The van der Waals surface area contributed by atoms with Crippen molar-refractivity contribution in [2.24, 2.45) is 11.5 Å². The number of hydrogen-bond acceptors (Lipinski definition) is 7. The highest BCUT2D eigenvalue weighted by atomic mass is 32.2. The molecule has 0 atom stereocenters. The lowest BCUT2D eigenvalue weighted by molar-refractivity contribution is -0.138. The Morgan fingerprint density at radius 2 is 1.93 bits per heavy atom. The van der Waals surface area contributed by atoms with Crippen LogP contribution >= 0.6 is 23.1 Å². The van der Waals surface area contributed by atoms with Gasteiger partial charge in [0.15, 0.2) is 4.34 Å². The van der Waals surface area contributed by atoms with Crippen molar-refractivity contribution in [3.63, 3.8) is 0 Å². The zero-order valence-corrected chi connectivity index (χ0v) is 18.8. The van der Waals surface area contributed by atoms with Gasteiger partial charge in [-0.25, -0.2) is 4.98 Å². The Labute approximate surface area is 180 Å². The van der Waals surface area contributed by atoms with Gasteiger partial charge in [-0.3, -0.25) is 4.79 Å². The second-order valence-corrected chi connectivity index (χ2v) is 10.0. The van der Waals surface area contributed by atoms with Crippen LogP contribution in [-0.2, 0) is 11.2 Å². The van der Waals surface area contributed by atoms with E-state index in [2.05, 4.69) is 4.98 Å². The normalized spacial score (nSPS) is 12.8. The fourth-order valence-electron chi connectivity index (χ4n) is 2.27. The maximum absolute atomic E-state index is 11.3. The molecule has 0 aliphatic heterocycles. The first-order chi connectivity index (χ1) is 13.6. The van der Waals surface area contributed by atoms with Crippen LogP contribution in [0.15, 0.2) is 52.0 Å². The number of aromatic nitrogens is 1. The van der Waals surface area contributed by atoms with Gasteiger partial charge in [0.05, 0.1) is 11.5 Å². The average molecular weight is 433 g/mol. The summed E-state index contributed by atoms with van der Waals surface area (Å²) in [7, 11) is 1.91. The van der Waals surface area contributed by atoms with Gasteiger partial charge < -0.3 is 21.5 Å². The van der Waals surface area contributed by atoms with Crippen LogP contribution in [0.25, 0.3) is 5.70 Å². The van der Waals surface area contributed by atoms with Gasteiger partial charge in [-0.15, -0.1) is 11.3 Å². The van der Waals surface area contributed by atoms with Crippen LogP contribution in [0.2, 0.25) is 0 Å². The zero-order valence-electron chi connectivity index (χ0n) is 17.2. The molecule has 0 aliphatic rings. The number of nitrogens with zero attached hydrogens (tertiary/aromatic N) is 2. The topological polar surface area (TPSA) is 105 Å². The van der Waals surface area contributed by atoms with Crippen molar-refractivity contribution in [1.29, 1.82) is 0 Å². The summed E-state index contributed by atoms with van der Waals surface area (Å²) < 4.78 is -0.143. The first-order valence-corrected chi connectivity index (χ1v) is 10.9. The molecule has 0 amide bonds. The third kappa shape index (κ3) is 6.83. The number of thioether (sulfide) groups is 1. The van der Waals surface area contributed by atoms with Crippen molar-refractivity contribution in [2.45, 2.75) is 36.3 Å². The van der Waals surface area contributed by atoms with Crippen LogP contribution in [-0.4, -0.2) is 39.3 Å². The van der Waals surface area contributed by atoms with E-state index in [0.29, 0.717) is 24.5 Å². The monoisotopic (exact) mass is 432 g/mol. The molecule has 1 aromatic heterocycles. The van der Waals surface area contributed by atoms with Gasteiger partial charge in [-0.2, -0.15) is 0 Å². The van der Waals surface area contributed by atoms with Gasteiger partial charge in [0, 0.05) is 31.1 Å². The van der Waals surface area contributed by atoms with E-state index in [1.807, 2.05) is 54.6 Å². The highest BCUT2D eigenvalue weighted by molar-refractivity contribution is 8.02. The lowest BCUT2D eigenvalue weighted by atomic mass is 10.1. The summed E-state index contributed by atoms with van der Waals surface area (Å²) in [5.74, 6) is -0.244. The van der Waals surface area contributed by atoms with Crippen LogP contribution in [0, 0.1) is 6.92 Å². The molecule has 0 spiro atoms. The number of carboxylic acid groups (broad SMARTS) is 1. The van der Waals surface area contributed by atoms with E-state index < -0.39 is 10.7 Å². The smallest absolute Gasteiger partial charge is 0.319 e. The van der Waals surface area contributed by atoms with Crippen molar-refractivity contribution in [2.75, 3.05) is 13.6 Å². The summed E-state index contributed by atoms with van der Waals surface area (Å²) in [5, 5.41) is 11.2. The molecule has 6 nitrogen and oxygen atoms in total. The number of carbonyl (C=O) groups is 1. The molecule has 2 aromatic rings. The molecule has 29 heavy (non-hydrogen) atoms. The minimum atomic E-state index is -0.900. The molecule has 0 unspecified atom stereocenters. The lowest BCUT2D eigenvalue weighted by Gasteiger charge is -2.18. The van der Waals surface area contributed by atoms with Gasteiger partial charge in [-0.05, 0) is 38.5 Å². The first-order valence-electron chi connectivity index (χ1n) is 9.16. The predicted molar refractivity (Wildman–Crippen MR) is 122 cm³/mol. The summed E-state index contributed by atoms with van der Waals surface area (Å²) in [6.45, 7) is 6.08. The summed E-state index contributed by atoms with van der Waals surface area (Å²) in [6, 6.07) is 8.01. The molecule has 0 bridgehead atoms. The standard InChI is InChI=1S/C21H28N4O2S2/c1-14-5-7-15(8-6-14)17(22)9-10-18(23)25(4)12-11-16-13-28-20(24-16)29-21(2,3)19(26)27/h5-10,13H,11-12,22-23H2,1-4H3,(H,26,27)/b17-9-,18-10+. The Balaban J connectivity index is 1.92. The number of hydrogen-bond donors (Lipinski definition) is 3. The van der Waals surface area contributed by atoms with E-state index >= 15 is 0 Å². The minimum Gasteiger partial charge on any atom is -0.480 e. The number of benzene rings is 1. The molecule has 1 aromatic carbocycles. The maximum Gasteiger partial charge on any atom is 0.319 e. The van der Waals surface area contributed by atoms with Crippen molar-refractivity contribution in [1.82, 2.24) is 9.88 Å². The molecule has 0 fully saturated rings. The van der Waals surface area contributed by atoms with E-state index in [1.165, 1.54) is 28.7 Å². The molecule has 1 heterocycles. The fraction of sp³-hybridized carbons (Fsp3) is 0.333. The number of aliphatic carboxylic acids is 1. The molecule has 5 N–H and O–H groups in total. The molecule has 8 heteroatoms. The van der Waals surface area contributed by atoms with Crippen LogP contribution in [0.5, 0.6) is 0 Å². The van der Waals surface area contributed by atoms with E-state index in [4.69, 9.17) is 11.5 Å². The van der Waals surface area contributed by atoms with Gasteiger partial charge in [0.1, 0.15) is 4.75 Å². The van der Waals surface area contributed by atoms with Crippen molar-refractivity contribution >= 4 is 34.8 Å². The van der Waals surface area contributed by atoms with E-state index in [1.54, 1.807) is 19.9 Å². The lowest BCUT2D eigenvalue weighted by Crippen LogP contribution is -2.27. The number of likely N-dealkylation sites (N-methyl/N-ethyl adjacent to an activating group) is 1. The SMILES string of the molecule is Cc1ccc(/C(N)=C/C=C(\N)N(C)CCc2csc(SC(C)(C)C(=O)O)n2)cc1. The number of allylic oxidation sites excluding steroid dienone is 2. The molecule has 0 saturated carbocycles. The molecular weight excluding hydrogens is 404 g/mol. The summed E-state index contributed by atoms with van der Waals surface area (Å²) in [6.07, 6.45) is 4.32. The highest BCUT2D eigenvalue weighted by Crippen LogP contribution is 2.34. The van der Waals surface area contributed by atoms with E-state index in [-0.39, 0.29) is 0 Å². The van der Waals surface area contributed by atoms with Crippen LogP contribution < -0.4 is 11.5 Å². The molecule has 2 rings (SSSR count). The van der Waals surface area contributed by atoms with Crippen LogP contribution in [0.3, 0.4) is 0 Å². The van der Waals surface area contributed by atoms with Crippen molar-refractivity contribution in [3.8, 4) is 0 Å². The Morgan fingerprint density at radius 1 is 1.28 bits per heavy atom. The van der Waals surface area contributed by atoms with Gasteiger partial charge in [0.2, 0.25) is 0 Å². The largest absolute Gasteiger partial charge is 0.480 e. The number of thiazole rings is 1. The Morgan fingerprint density at radius 3 is 2.55 bits per heavy atom. The van der Waals surface area contributed by atoms with E-state index in [0.717, 1.165) is 15.6 Å². The predicted octanol–water partition coefficient (Wildman–Crippen LogP) is 3.68. The maximum atomic E-state index is 11.3. The number of carboxylic acids is 1. The van der Waals surface area contributed by atoms with Crippen molar-refractivity contribution < 1.29 is 9.90 Å². The molecule has 0 aliphatic carbocycles. The Bertz CT molecular complexity index is 902. The Kier molecular flexibility index (Phi) is 7.75. The summed E-state index contributed by atoms with van der Waals surface area (Å²) in [5.41, 5.74) is 16.0. The second-order valence-electron chi connectivity index (χ2n) is 7.27. The second kappa shape index (κ2) is 9.84.